The number of esters is 2. The van der Waals surface area contributed by atoms with Gasteiger partial charge in [0.25, 0.3) is 0 Å². The summed E-state index contributed by atoms with van der Waals surface area (Å²) in [5.41, 5.74) is 0. The molecule has 0 saturated carbocycles. The molecule has 0 saturated heterocycles. The Balaban J connectivity index is 0. The van der Waals surface area contributed by atoms with Crippen molar-refractivity contribution in [3.8, 4) is 0 Å². The fourth-order valence-corrected chi connectivity index (χ4v) is 2.77. The van der Waals surface area contributed by atoms with Crippen molar-refractivity contribution in [3.63, 3.8) is 0 Å². The first kappa shape index (κ1) is 29.6. The summed E-state index contributed by atoms with van der Waals surface area (Å²) in [6.45, 7) is 2.24. The summed E-state index contributed by atoms with van der Waals surface area (Å²) < 4.78 is 4.54. The van der Waals surface area contributed by atoms with Crippen LogP contribution in [0.15, 0.2) is 12.2 Å². The van der Waals surface area contributed by atoms with E-state index in [1.54, 1.807) is 0 Å². The van der Waals surface area contributed by atoms with E-state index in [9.17, 15) is 19.5 Å². The second-order valence-corrected chi connectivity index (χ2v) is 7.05. The molecule has 0 rings (SSSR count). The van der Waals surface area contributed by atoms with Crippen LogP contribution in [0.2, 0.25) is 0 Å². The van der Waals surface area contributed by atoms with Crippen LogP contribution in [0.25, 0.3) is 0 Å². The Morgan fingerprint density at radius 3 is 1.68 bits per heavy atom. The summed E-state index contributed by atoms with van der Waals surface area (Å²) in [4.78, 5) is 32.8. The van der Waals surface area contributed by atoms with Crippen molar-refractivity contribution in [2.45, 2.75) is 110 Å². The van der Waals surface area contributed by atoms with Gasteiger partial charge < -0.3 is 14.6 Å². The molecule has 0 N–H and O–H groups in total. The molecule has 0 radical (unpaired) electrons. The smallest absolute Gasteiger partial charge is 0.550 e. The zero-order chi connectivity index (χ0) is 20.2. The Labute approximate surface area is 193 Å². The quantitative estimate of drug-likeness (QED) is 0.114. The van der Waals surface area contributed by atoms with E-state index in [-0.39, 0.29) is 42.4 Å². The fourth-order valence-electron chi connectivity index (χ4n) is 2.77. The molecule has 28 heavy (non-hydrogen) atoms. The third-order valence-electron chi connectivity index (χ3n) is 4.40. The summed E-state index contributed by atoms with van der Waals surface area (Å²) in [6, 6.07) is 0. The molecule has 0 spiro atoms. The first-order valence-corrected chi connectivity index (χ1v) is 10.6. The van der Waals surface area contributed by atoms with Crippen molar-refractivity contribution in [1.29, 1.82) is 0 Å². The van der Waals surface area contributed by atoms with Crippen LogP contribution in [0.1, 0.15) is 110 Å². The average molecular weight is 405 g/mol. The maximum atomic E-state index is 11.4. The van der Waals surface area contributed by atoms with Gasteiger partial charge in [-0.05, 0) is 38.5 Å². The first-order chi connectivity index (χ1) is 13.1. The Hall–Kier alpha value is -0.650. The summed E-state index contributed by atoms with van der Waals surface area (Å²) >= 11 is 0. The van der Waals surface area contributed by atoms with Gasteiger partial charge in [-0.3, -0.25) is 9.59 Å². The predicted octanol–water partition coefficient (Wildman–Crippen LogP) is 1.63. The Morgan fingerprint density at radius 2 is 1.14 bits per heavy atom. The Kier molecular flexibility index (Phi) is 23.9. The molecule has 0 amide bonds. The second-order valence-electron chi connectivity index (χ2n) is 7.05. The second kappa shape index (κ2) is 22.6. The maximum Gasteiger partial charge on any atom is 1.00 e. The molecule has 0 bridgehead atoms. The molecule has 0 aliphatic heterocycles. The molecule has 5 nitrogen and oxygen atoms in total. The van der Waals surface area contributed by atoms with E-state index >= 15 is 0 Å². The van der Waals surface area contributed by atoms with Crippen LogP contribution in [0.5, 0.6) is 0 Å². The number of hydrogen-bond acceptors (Lipinski definition) is 5. The molecule has 0 aromatic heterocycles. The van der Waals surface area contributed by atoms with E-state index in [1.165, 1.54) is 51.4 Å². The zero-order valence-electron chi connectivity index (χ0n) is 18.0. The number of aliphatic carboxylic acids is 1. The number of carboxylic acid groups (broad SMARTS) is 1. The van der Waals surface area contributed by atoms with Crippen molar-refractivity contribution in [2.75, 3.05) is 0 Å². The molecule has 156 valence electrons. The molecule has 0 unspecified atom stereocenters. The van der Waals surface area contributed by atoms with Crippen LogP contribution in [-0.4, -0.2) is 17.9 Å². The van der Waals surface area contributed by atoms with Gasteiger partial charge in [0.15, 0.2) is 0 Å². The van der Waals surface area contributed by atoms with E-state index in [4.69, 9.17) is 0 Å². The number of carbonyl (C=O) groups is 3. The third-order valence-corrected chi connectivity index (χ3v) is 4.40. The SMILES string of the molecule is CCCCCCCC/C=C\CCCCCCCC(=O)OC(=O)CCC(=O)[O-].[Na+]. The number of allylic oxidation sites excluding steroid dienone is 2. The van der Waals surface area contributed by atoms with Crippen molar-refractivity contribution in [2.24, 2.45) is 0 Å². The van der Waals surface area contributed by atoms with Gasteiger partial charge in [-0.15, -0.1) is 0 Å². The van der Waals surface area contributed by atoms with Crippen molar-refractivity contribution >= 4 is 17.9 Å². The van der Waals surface area contributed by atoms with Gasteiger partial charge >= 0.3 is 41.5 Å². The van der Waals surface area contributed by atoms with Crippen LogP contribution in [-0.2, 0) is 19.1 Å². The minimum atomic E-state index is -1.32. The molecule has 0 aromatic carbocycles. The molecule has 0 heterocycles. The summed E-state index contributed by atoms with van der Waals surface area (Å²) in [5, 5.41) is 10.2. The molecule has 0 atom stereocenters. The summed E-state index contributed by atoms with van der Waals surface area (Å²) in [5.74, 6) is -2.69. The number of hydrogen-bond donors (Lipinski definition) is 0. The van der Waals surface area contributed by atoms with Crippen molar-refractivity contribution in [3.05, 3.63) is 12.2 Å². The van der Waals surface area contributed by atoms with Gasteiger partial charge in [0, 0.05) is 12.4 Å². The molecule has 0 aliphatic rings. The number of carbonyl (C=O) groups excluding carboxylic acids is 3. The molecular weight excluding hydrogens is 367 g/mol. The standard InChI is InChI=1S/C22H38O5.Na/c1-2-3-4-5-6-7-8-9-10-11-12-13-14-15-16-17-21(25)27-22(26)19-18-20(23)24;/h9-10H,2-8,11-19H2,1H3,(H,23,24);/q;+1/p-1/b10-9-;. The van der Waals surface area contributed by atoms with Gasteiger partial charge in [-0.2, -0.15) is 0 Å². The van der Waals surface area contributed by atoms with Gasteiger partial charge in [0.05, 0.1) is 6.42 Å². The normalized spacial score (nSPS) is 10.6. The maximum absolute atomic E-state index is 11.4. The Bertz CT molecular complexity index is 435. The predicted molar refractivity (Wildman–Crippen MR) is 105 cm³/mol. The summed E-state index contributed by atoms with van der Waals surface area (Å²) in [6.07, 6.45) is 19.4. The molecule has 0 aromatic rings. The average Bonchev–Trinajstić information content (AvgIpc) is 2.63. The molecule has 0 aliphatic carbocycles. The van der Waals surface area contributed by atoms with E-state index in [1.807, 2.05) is 0 Å². The third kappa shape index (κ3) is 23.4. The molecular formula is C22H37NaO5. The van der Waals surface area contributed by atoms with Crippen LogP contribution < -0.4 is 34.7 Å². The van der Waals surface area contributed by atoms with Gasteiger partial charge in [-0.25, -0.2) is 0 Å². The monoisotopic (exact) mass is 404 g/mol. The summed E-state index contributed by atoms with van der Waals surface area (Å²) in [7, 11) is 0. The van der Waals surface area contributed by atoms with Crippen LogP contribution in [0.4, 0.5) is 0 Å². The minimum absolute atomic E-state index is 0. The topological polar surface area (TPSA) is 83.5 Å². The molecule has 0 fully saturated rings. The minimum Gasteiger partial charge on any atom is -0.550 e. The Morgan fingerprint density at radius 1 is 0.679 bits per heavy atom. The fraction of sp³-hybridized carbons (Fsp3) is 0.773. The first-order valence-electron chi connectivity index (χ1n) is 10.6. The van der Waals surface area contributed by atoms with Gasteiger partial charge in [-0.1, -0.05) is 70.4 Å². The van der Waals surface area contributed by atoms with E-state index in [0.29, 0.717) is 6.42 Å². The van der Waals surface area contributed by atoms with Crippen LogP contribution in [0.3, 0.4) is 0 Å². The van der Waals surface area contributed by atoms with Gasteiger partial charge in [0.2, 0.25) is 0 Å². The van der Waals surface area contributed by atoms with Crippen LogP contribution >= 0.6 is 0 Å². The van der Waals surface area contributed by atoms with E-state index in [2.05, 4.69) is 23.8 Å². The zero-order valence-corrected chi connectivity index (χ0v) is 20.0. The number of rotatable bonds is 18. The number of unbranched alkanes of at least 4 members (excludes halogenated alkanes) is 11. The van der Waals surface area contributed by atoms with Crippen molar-refractivity contribution in [1.82, 2.24) is 0 Å². The van der Waals surface area contributed by atoms with Crippen LogP contribution in [0, 0.1) is 0 Å². The van der Waals surface area contributed by atoms with E-state index in [0.717, 1.165) is 25.7 Å². The number of ether oxygens (including phenoxy) is 1. The molecule has 6 heteroatoms. The van der Waals surface area contributed by atoms with E-state index < -0.39 is 24.3 Å². The largest absolute Gasteiger partial charge is 1.00 e. The van der Waals surface area contributed by atoms with Crippen molar-refractivity contribution < 1.29 is 53.8 Å². The number of carboxylic acids is 1. The van der Waals surface area contributed by atoms with Gasteiger partial charge in [0.1, 0.15) is 0 Å².